The zero-order chi connectivity index (χ0) is 26.3. The van der Waals surface area contributed by atoms with E-state index in [2.05, 4.69) is 0 Å². The Morgan fingerprint density at radius 1 is 1.03 bits per heavy atom. The van der Waals surface area contributed by atoms with Gasteiger partial charge < -0.3 is 24.1 Å². The minimum Gasteiger partial charge on any atom is -0.462 e. The number of aliphatic hydroxyl groups is 1. The van der Waals surface area contributed by atoms with Crippen LogP contribution in [0, 0.1) is 17.3 Å². The summed E-state index contributed by atoms with van der Waals surface area (Å²) >= 11 is 0. The van der Waals surface area contributed by atoms with Gasteiger partial charge in [-0.1, -0.05) is 24.1 Å². The van der Waals surface area contributed by atoms with Crippen LogP contribution in [-0.4, -0.2) is 59.0 Å². The minimum atomic E-state index is -1.92. The van der Waals surface area contributed by atoms with Gasteiger partial charge in [-0.15, -0.1) is 0 Å². The van der Waals surface area contributed by atoms with E-state index in [4.69, 9.17) is 18.9 Å². The van der Waals surface area contributed by atoms with Crippen LogP contribution in [-0.2, 0) is 38.1 Å². The Labute approximate surface area is 205 Å². The van der Waals surface area contributed by atoms with Crippen molar-refractivity contribution < 1.29 is 43.2 Å². The van der Waals surface area contributed by atoms with Crippen LogP contribution in [0.15, 0.2) is 23.3 Å². The lowest BCUT2D eigenvalue weighted by molar-refractivity contribution is -0.216. The Kier molecular flexibility index (Phi) is 7.50. The first kappa shape index (κ1) is 26.9. The fraction of sp³-hybridized carbons (Fsp3) is 0.692. The zero-order valence-corrected chi connectivity index (χ0v) is 21.5. The van der Waals surface area contributed by atoms with Crippen LogP contribution < -0.4 is 0 Å². The highest BCUT2D eigenvalue weighted by Gasteiger charge is 2.67. The van der Waals surface area contributed by atoms with Crippen molar-refractivity contribution in [3.05, 3.63) is 23.3 Å². The largest absolute Gasteiger partial charge is 0.462 e. The quantitative estimate of drug-likeness (QED) is 0.359. The maximum absolute atomic E-state index is 12.7. The third kappa shape index (κ3) is 4.75. The lowest BCUT2D eigenvalue weighted by Gasteiger charge is -2.54. The second kappa shape index (κ2) is 9.76. The predicted molar refractivity (Wildman–Crippen MR) is 124 cm³/mol. The predicted octanol–water partition coefficient (Wildman–Crippen LogP) is 2.79. The van der Waals surface area contributed by atoms with Crippen molar-refractivity contribution in [1.82, 2.24) is 0 Å². The molecule has 1 fully saturated rings. The molecule has 0 saturated carbocycles. The second-order valence-electron chi connectivity index (χ2n) is 10.3. The van der Waals surface area contributed by atoms with Crippen LogP contribution in [0.1, 0.15) is 67.7 Å². The number of esters is 4. The van der Waals surface area contributed by atoms with Gasteiger partial charge >= 0.3 is 23.9 Å². The van der Waals surface area contributed by atoms with Gasteiger partial charge in [0.25, 0.3) is 0 Å². The van der Waals surface area contributed by atoms with Gasteiger partial charge in [0.05, 0.1) is 11.3 Å². The van der Waals surface area contributed by atoms with Crippen molar-refractivity contribution >= 4 is 23.9 Å². The van der Waals surface area contributed by atoms with Crippen LogP contribution in [0.4, 0.5) is 0 Å². The number of allylic oxidation sites excluding steroid dienone is 1. The summed E-state index contributed by atoms with van der Waals surface area (Å²) in [5, 5.41) is 12.2. The zero-order valence-electron chi connectivity index (χ0n) is 21.5. The van der Waals surface area contributed by atoms with E-state index in [9.17, 15) is 24.3 Å². The summed E-state index contributed by atoms with van der Waals surface area (Å²) in [7, 11) is 0. The van der Waals surface area contributed by atoms with Crippen molar-refractivity contribution in [2.75, 3.05) is 0 Å². The van der Waals surface area contributed by atoms with Crippen LogP contribution in [0.25, 0.3) is 0 Å². The molecule has 0 aromatic rings. The number of fused-ring (bicyclic) bond motifs is 2. The molecule has 194 valence electrons. The highest BCUT2D eigenvalue weighted by Crippen LogP contribution is 2.55. The minimum absolute atomic E-state index is 0.352. The van der Waals surface area contributed by atoms with Gasteiger partial charge in [0.15, 0.2) is 11.7 Å². The molecule has 0 bridgehead atoms. The van der Waals surface area contributed by atoms with Crippen LogP contribution in [0.3, 0.4) is 0 Å². The fourth-order valence-electron chi connectivity index (χ4n) is 6.05. The van der Waals surface area contributed by atoms with Crippen LogP contribution in [0.5, 0.6) is 0 Å². The monoisotopic (exact) mass is 492 g/mol. The molecule has 1 unspecified atom stereocenters. The second-order valence-corrected chi connectivity index (χ2v) is 10.3. The average Bonchev–Trinajstić information content (AvgIpc) is 2.95. The summed E-state index contributed by atoms with van der Waals surface area (Å²) in [5.74, 6) is -4.05. The molecule has 9 nitrogen and oxygen atoms in total. The fourth-order valence-corrected chi connectivity index (χ4v) is 6.05. The van der Waals surface area contributed by atoms with E-state index < -0.39 is 71.1 Å². The van der Waals surface area contributed by atoms with Crippen LogP contribution >= 0.6 is 0 Å². The molecule has 0 amide bonds. The summed E-state index contributed by atoms with van der Waals surface area (Å²) in [6.07, 6.45) is 0.977. The van der Waals surface area contributed by atoms with Crippen molar-refractivity contribution in [1.29, 1.82) is 0 Å². The summed E-state index contributed by atoms with van der Waals surface area (Å²) in [5.41, 5.74) is -1.44. The molecular formula is C26H36O9. The number of carbonyl (C=O) groups excluding carboxylic acids is 4. The molecule has 1 N–H and O–H groups in total. The van der Waals surface area contributed by atoms with E-state index in [-0.39, 0.29) is 0 Å². The van der Waals surface area contributed by atoms with Gasteiger partial charge in [0.2, 0.25) is 0 Å². The Hall–Kier alpha value is -2.68. The number of hydrogen-bond acceptors (Lipinski definition) is 9. The molecule has 9 heteroatoms. The molecule has 3 aliphatic rings. The molecule has 2 aliphatic carbocycles. The molecule has 0 aromatic heterocycles. The molecule has 35 heavy (non-hydrogen) atoms. The summed E-state index contributed by atoms with van der Waals surface area (Å²) in [6.45, 7) is 10.9. The molecule has 0 spiro atoms. The van der Waals surface area contributed by atoms with Gasteiger partial charge in [-0.25, -0.2) is 0 Å². The molecule has 0 radical (unpaired) electrons. The van der Waals surface area contributed by atoms with E-state index in [1.807, 2.05) is 26.8 Å². The Bertz CT molecular complexity index is 966. The van der Waals surface area contributed by atoms with Gasteiger partial charge in [-0.2, -0.15) is 0 Å². The van der Waals surface area contributed by atoms with E-state index >= 15 is 0 Å². The number of hydrogen-bond donors (Lipinski definition) is 1. The van der Waals surface area contributed by atoms with Crippen molar-refractivity contribution in [3.8, 4) is 0 Å². The number of ether oxygens (including phenoxy) is 4. The maximum atomic E-state index is 12.7. The molecule has 3 rings (SSSR count). The number of rotatable bonds is 3. The van der Waals surface area contributed by atoms with Crippen molar-refractivity contribution in [2.45, 2.75) is 97.7 Å². The van der Waals surface area contributed by atoms with E-state index in [0.29, 0.717) is 19.3 Å². The molecule has 1 heterocycles. The van der Waals surface area contributed by atoms with E-state index in [1.54, 1.807) is 13.0 Å². The lowest BCUT2D eigenvalue weighted by Crippen LogP contribution is -2.65. The average molecular weight is 493 g/mol. The maximum Gasteiger partial charge on any atom is 0.312 e. The number of carbonyl (C=O) groups is 4. The first-order chi connectivity index (χ1) is 16.2. The SMILES string of the molecule is CC(=O)OC1[C@H]2C(C)=CC[C@H](OC(C)=O)[C@]2(C)[C@H](OC(C)=O)CC/C(C)=C\[C@@H]2OC(=O)[C@H](C)[C@@]12O. The van der Waals surface area contributed by atoms with Gasteiger partial charge in [-0.3, -0.25) is 19.2 Å². The van der Waals surface area contributed by atoms with E-state index in [1.165, 1.54) is 20.8 Å². The van der Waals surface area contributed by atoms with Crippen LogP contribution in [0.2, 0.25) is 0 Å². The smallest absolute Gasteiger partial charge is 0.312 e. The molecule has 0 aromatic carbocycles. The molecular weight excluding hydrogens is 456 g/mol. The summed E-state index contributed by atoms with van der Waals surface area (Å²) < 4.78 is 23.0. The van der Waals surface area contributed by atoms with E-state index in [0.717, 1.165) is 11.1 Å². The molecule has 1 aliphatic heterocycles. The van der Waals surface area contributed by atoms with Gasteiger partial charge in [-0.05, 0) is 39.7 Å². The Morgan fingerprint density at radius 3 is 2.17 bits per heavy atom. The summed E-state index contributed by atoms with van der Waals surface area (Å²) in [4.78, 5) is 49.4. The first-order valence-electron chi connectivity index (χ1n) is 12.0. The molecule has 1 saturated heterocycles. The highest BCUT2D eigenvalue weighted by atomic mass is 16.6. The normalized spacial score (nSPS) is 40.6. The standard InChI is InChI=1S/C26H36O9/c1-13-8-10-19(32-16(4)27)25(7)20(33-17(5)28)11-9-14(2)22(25)23(34-18(6)29)26(31)15(3)24(30)35-21(26)12-13/h9,12,15,19-23,31H,8,10-11H2,1-7H3/b13-12-/t15-,19+,20-,21-,22+,23?,25-,26-/m0/s1. The van der Waals surface area contributed by atoms with Gasteiger partial charge in [0.1, 0.15) is 18.3 Å². The Morgan fingerprint density at radius 2 is 1.60 bits per heavy atom. The first-order valence-corrected chi connectivity index (χ1v) is 12.0. The van der Waals surface area contributed by atoms with Gasteiger partial charge in [0, 0.05) is 33.1 Å². The highest BCUT2D eigenvalue weighted by molar-refractivity contribution is 5.77. The summed E-state index contributed by atoms with van der Waals surface area (Å²) in [6, 6.07) is 0. The van der Waals surface area contributed by atoms with Crippen molar-refractivity contribution in [3.63, 3.8) is 0 Å². The topological polar surface area (TPSA) is 125 Å². The third-order valence-corrected chi connectivity index (χ3v) is 7.85. The molecule has 8 atom stereocenters. The Balaban J connectivity index is 2.34. The third-order valence-electron chi connectivity index (χ3n) is 7.85. The lowest BCUT2D eigenvalue weighted by atomic mass is 9.56. The van der Waals surface area contributed by atoms with Crippen molar-refractivity contribution in [2.24, 2.45) is 17.3 Å².